The Morgan fingerprint density at radius 3 is 2.31 bits per heavy atom. The van der Waals surface area contributed by atoms with E-state index in [0.29, 0.717) is 42.0 Å². The maximum absolute atomic E-state index is 14.2. The van der Waals surface area contributed by atoms with Gasteiger partial charge in [-0.05, 0) is 54.5 Å². The van der Waals surface area contributed by atoms with Crippen LogP contribution in [0.3, 0.4) is 0 Å². The number of nitrogens with one attached hydrogen (secondary N) is 2. The summed E-state index contributed by atoms with van der Waals surface area (Å²) in [6.07, 6.45) is 3.54. The van der Waals surface area contributed by atoms with Crippen molar-refractivity contribution in [1.82, 2.24) is 10.6 Å². The number of hydrogen-bond acceptors (Lipinski definition) is 8. The van der Waals surface area contributed by atoms with Gasteiger partial charge in [-0.2, -0.15) is 0 Å². The van der Waals surface area contributed by atoms with Crippen molar-refractivity contribution in [2.75, 3.05) is 13.7 Å². The fourth-order valence-electron chi connectivity index (χ4n) is 6.84. The highest BCUT2D eigenvalue weighted by atomic mass is 35.5. The first kappa shape index (κ1) is 39.9. The third kappa shape index (κ3) is 10.8. The highest BCUT2D eigenvalue weighted by Crippen LogP contribution is 2.45. The van der Waals surface area contributed by atoms with E-state index in [2.05, 4.69) is 10.6 Å². The van der Waals surface area contributed by atoms with Crippen LogP contribution in [0.25, 0.3) is 0 Å². The molecular weight excluding hydrogens is 672 g/mol. The van der Waals surface area contributed by atoms with Crippen LogP contribution in [-0.2, 0) is 39.8 Å². The topological polar surface area (TPSA) is 133 Å². The fraction of sp³-hybridized carbons (Fsp3) is 0.550. The van der Waals surface area contributed by atoms with Crippen molar-refractivity contribution in [3.63, 3.8) is 0 Å². The van der Waals surface area contributed by atoms with E-state index in [9.17, 15) is 19.2 Å². The molecule has 0 unspecified atom stereocenters. The van der Waals surface area contributed by atoms with E-state index in [1.165, 1.54) is 13.2 Å². The van der Waals surface area contributed by atoms with Crippen LogP contribution < -0.4 is 15.4 Å². The second-order valence-electron chi connectivity index (χ2n) is 14.2. The molecule has 6 atom stereocenters. The number of epoxide rings is 1. The Bertz CT molecular complexity index is 1520. The van der Waals surface area contributed by atoms with Gasteiger partial charge in [-0.1, -0.05) is 102 Å². The van der Waals surface area contributed by atoms with Crippen LogP contribution in [0.1, 0.15) is 90.4 Å². The van der Waals surface area contributed by atoms with Crippen molar-refractivity contribution in [1.29, 1.82) is 0 Å². The zero-order chi connectivity index (χ0) is 37.1. The van der Waals surface area contributed by atoms with Gasteiger partial charge in [0.15, 0.2) is 6.10 Å². The van der Waals surface area contributed by atoms with Crippen LogP contribution in [0.15, 0.2) is 60.7 Å². The van der Waals surface area contributed by atoms with Gasteiger partial charge in [-0.3, -0.25) is 14.4 Å². The number of carbonyl (C=O) groups excluding carboxylic acids is 4. The number of hydrogen-bond donors (Lipinski definition) is 2. The first-order valence-electron chi connectivity index (χ1n) is 18.1. The molecular formula is C40H53ClN2O8. The second kappa shape index (κ2) is 18.6. The minimum absolute atomic E-state index is 0.0216. The van der Waals surface area contributed by atoms with Crippen molar-refractivity contribution in [2.45, 2.75) is 110 Å². The average Bonchev–Trinajstić information content (AvgIpc) is 3.90. The highest BCUT2D eigenvalue weighted by Gasteiger charge is 2.48. The number of ether oxygens (including phenoxy) is 4. The number of cyclic esters (lactones) is 2. The van der Waals surface area contributed by atoms with Gasteiger partial charge in [0, 0.05) is 25.3 Å². The molecule has 2 aromatic rings. The largest absolute Gasteiger partial charge is 0.495 e. The zero-order valence-corrected chi connectivity index (χ0v) is 31.4. The van der Waals surface area contributed by atoms with Crippen molar-refractivity contribution in [3.05, 3.63) is 76.8 Å². The predicted molar refractivity (Wildman–Crippen MR) is 195 cm³/mol. The molecule has 4 rings (SSSR count). The molecule has 2 aliphatic rings. The van der Waals surface area contributed by atoms with Gasteiger partial charge in [0.05, 0.1) is 23.7 Å². The molecule has 10 nitrogen and oxygen atoms in total. The Labute approximate surface area is 307 Å². The maximum atomic E-state index is 14.2. The number of carbonyl (C=O) groups is 4. The third-order valence-electron chi connectivity index (χ3n) is 9.64. The minimum Gasteiger partial charge on any atom is -0.495 e. The summed E-state index contributed by atoms with van der Waals surface area (Å²) in [5.74, 6) is -1.88. The molecule has 0 saturated carbocycles. The summed E-state index contributed by atoms with van der Waals surface area (Å²) in [6, 6.07) is 14.0. The normalized spacial score (nSPS) is 25.6. The van der Waals surface area contributed by atoms with Gasteiger partial charge in [-0.15, -0.1) is 0 Å². The molecule has 51 heavy (non-hydrogen) atoms. The molecule has 2 amide bonds. The Hall–Kier alpha value is -3.89. The van der Waals surface area contributed by atoms with Crippen LogP contribution in [-0.4, -0.2) is 61.8 Å². The molecule has 2 aromatic carbocycles. The third-order valence-corrected chi connectivity index (χ3v) is 9.94. The second-order valence-corrected chi connectivity index (χ2v) is 14.6. The van der Waals surface area contributed by atoms with E-state index in [1.807, 2.05) is 65.0 Å². The zero-order valence-electron chi connectivity index (χ0n) is 30.6. The number of amides is 2. The lowest BCUT2D eigenvalue weighted by Gasteiger charge is -2.34. The van der Waals surface area contributed by atoms with E-state index < -0.39 is 47.4 Å². The molecule has 2 aliphatic heterocycles. The van der Waals surface area contributed by atoms with Gasteiger partial charge in [0.25, 0.3) is 0 Å². The Morgan fingerprint density at radius 2 is 1.69 bits per heavy atom. The Morgan fingerprint density at radius 1 is 0.980 bits per heavy atom. The summed E-state index contributed by atoms with van der Waals surface area (Å²) in [7, 11) is 1.52. The molecule has 278 valence electrons. The summed E-state index contributed by atoms with van der Waals surface area (Å²) in [5.41, 5.74) is 0.643. The maximum Gasteiger partial charge on any atom is 0.347 e. The molecule has 0 aliphatic carbocycles. The monoisotopic (exact) mass is 724 g/mol. The number of methoxy groups -OCH3 is 1. The van der Waals surface area contributed by atoms with Crippen LogP contribution >= 0.6 is 11.6 Å². The smallest absolute Gasteiger partial charge is 0.347 e. The predicted octanol–water partition coefficient (Wildman–Crippen LogP) is 6.68. The first-order valence-corrected chi connectivity index (χ1v) is 18.5. The molecule has 0 bridgehead atoms. The van der Waals surface area contributed by atoms with E-state index in [4.69, 9.17) is 30.5 Å². The summed E-state index contributed by atoms with van der Waals surface area (Å²) in [4.78, 5) is 55.3. The molecule has 1 fully saturated rings. The lowest BCUT2D eigenvalue weighted by atomic mass is 9.79. The van der Waals surface area contributed by atoms with Crippen molar-refractivity contribution in [3.8, 4) is 5.75 Å². The molecule has 0 aromatic heterocycles. The number of rotatable bonds is 12. The van der Waals surface area contributed by atoms with Gasteiger partial charge >= 0.3 is 11.9 Å². The molecule has 2 heterocycles. The van der Waals surface area contributed by atoms with Gasteiger partial charge < -0.3 is 29.6 Å². The van der Waals surface area contributed by atoms with Crippen LogP contribution in [0.4, 0.5) is 0 Å². The van der Waals surface area contributed by atoms with Crippen molar-refractivity contribution in [2.24, 2.45) is 17.3 Å². The van der Waals surface area contributed by atoms with Crippen LogP contribution in [0.5, 0.6) is 5.75 Å². The number of benzene rings is 2. The number of halogens is 1. The molecule has 2 N–H and O–H groups in total. The van der Waals surface area contributed by atoms with Crippen molar-refractivity contribution >= 4 is 35.4 Å². The minimum atomic E-state index is -1.14. The highest BCUT2D eigenvalue weighted by molar-refractivity contribution is 6.32. The van der Waals surface area contributed by atoms with E-state index >= 15 is 0 Å². The van der Waals surface area contributed by atoms with Gasteiger partial charge in [0.1, 0.15) is 24.0 Å². The summed E-state index contributed by atoms with van der Waals surface area (Å²) < 4.78 is 23.6. The quantitative estimate of drug-likeness (QED) is 0.183. The summed E-state index contributed by atoms with van der Waals surface area (Å²) in [6.45, 7) is 9.75. The SMILES string of the molecule is CCCC1(CCC)CNC(=O)[C@@H](Cc2ccc(OC)c(Cl)c2)NC(=O)/C=C/C[C@@H]([C@H](C)[C@H]2O[C@@H]2c2ccccc2)OC(=O)[C@H](CC(C)C)OC1=O. The van der Waals surface area contributed by atoms with E-state index in [-0.39, 0.29) is 49.9 Å². The first-order chi connectivity index (χ1) is 24.4. The molecule has 11 heteroatoms. The Balaban J connectivity index is 1.69. The Kier molecular flexibility index (Phi) is 14.5. The lowest BCUT2D eigenvalue weighted by Crippen LogP contribution is -2.52. The van der Waals surface area contributed by atoms with E-state index in [0.717, 1.165) is 5.56 Å². The molecule has 0 spiro atoms. The lowest BCUT2D eigenvalue weighted by molar-refractivity contribution is -0.181. The van der Waals surface area contributed by atoms with Crippen LogP contribution in [0.2, 0.25) is 5.02 Å². The van der Waals surface area contributed by atoms with Gasteiger partial charge in [-0.25, -0.2) is 4.79 Å². The standard InChI is InChI=1S/C40H53ClN2O8/c1-7-19-40(20-8-2)24-42-37(45)30(23-27-17-18-32(48-6)29(41)22-27)43-34(44)16-12-15-31(49-38(46)33(21-25(3)4)50-39(40)47)26(5)35-36(51-35)28-13-10-9-11-14-28/h9-14,16-18,22,25-26,30-31,33,35-36H,7-8,15,19-21,23-24H2,1-6H3,(H,42,45)(H,43,44)/b16-12+/t26-,30+,31-,33-,35+,36+/m0/s1. The average molecular weight is 725 g/mol. The van der Waals surface area contributed by atoms with Gasteiger partial charge in [0.2, 0.25) is 11.8 Å². The summed E-state index contributed by atoms with van der Waals surface area (Å²) in [5, 5.41) is 6.15. The molecule has 1 saturated heterocycles. The van der Waals surface area contributed by atoms with Crippen LogP contribution in [0, 0.1) is 17.3 Å². The number of esters is 2. The van der Waals surface area contributed by atoms with Crippen molar-refractivity contribution < 1.29 is 38.1 Å². The summed E-state index contributed by atoms with van der Waals surface area (Å²) >= 11 is 6.39. The molecule has 0 radical (unpaired) electrons. The van der Waals surface area contributed by atoms with E-state index in [1.54, 1.807) is 24.3 Å². The fourth-order valence-corrected chi connectivity index (χ4v) is 7.12.